The summed E-state index contributed by atoms with van der Waals surface area (Å²) in [6.45, 7) is 12.1. The van der Waals surface area contributed by atoms with E-state index in [1.807, 2.05) is 25.3 Å². The molecule has 0 bridgehead atoms. The molecule has 3 heteroatoms. The maximum atomic E-state index is 10.2. The van der Waals surface area contributed by atoms with Crippen LogP contribution in [0.2, 0.25) is 0 Å². The van der Waals surface area contributed by atoms with Gasteiger partial charge in [-0.1, -0.05) is 17.2 Å². The van der Waals surface area contributed by atoms with E-state index in [0.29, 0.717) is 6.42 Å². The second-order valence-corrected chi connectivity index (χ2v) is 6.85. The van der Waals surface area contributed by atoms with Crippen molar-refractivity contribution in [3.05, 3.63) is 45.5 Å². The van der Waals surface area contributed by atoms with Gasteiger partial charge in [-0.3, -0.25) is 0 Å². The van der Waals surface area contributed by atoms with Gasteiger partial charge in [-0.25, -0.2) is 4.98 Å². The predicted octanol–water partition coefficient (Wildman–Crippen LogP) is 5.30. The van der Waals surface area contributed by atoms with Crippen LogP contribution in [0.25, 0.3) is 6.08 Å². The van der Waals surface area contributed by atoms with Crippen molar-refractivity contribution in [1.29, 1.82) is 0 Å². The van der Waals surface area contributed by atoms with Crippen LogP contribution in [0, 0.1) is 6.92 Å². The van der Waals surface area contributed by atoms with E-state index in [9.17, 15) is 5.11 Å². The quantitative estimate of drug-likeness (QED) is 0.661. The van der Waals surface area contributed by atoms with Gasteiger partial charge < -0.3 is 5.11 Å². The zero-order valence-electron chi connectivity index (χ0n) is 13.6. The van der Waals surface area contributed by atoms with Gasteiger partial charge >= 0.3 is 0 Å². The van der Waals surface area contributed by atoms with Crippen molar-refractivity contribution in [1.82, 2.24) is 4.98 Å². The zero-order valence-corrected chi connectivity index (χ0v) is 14.5. The van der Waals surface area contributed by atoms with E-state index < -0.39 is 6.10 Å². The molecule has 0 saturated heterocycles. The third-order valence-corrected chi connectivity index (χ3v) is 4.19. The third-order valence-electron chi connectivity index (χ3n) is 3.40. The molecule has 0 saturated carbocycles. The van der Waals surface area contributed by atoms with E-state index in [1.54, 1.807) is 11.3 Å². The monoisotopic (exact) mass is 305 g/mol. The predicted molar refractivity (Wildman–Crippen MR) is 93.5 cm³/mol. The van der Waals surface area contributed by atoms with Crippen molar-refractivity contribution in [2.75, 3.05) is 0 Å². The third kappa shape index (κ3) is 7.39. The molecule has 21 heavy (non-hydrogen) atoms. The Kier molecular flexibility index (Phi) is 7.62. The molecule has 0 aliphatic carbocycles. The highest BCUT2D eigenvalue weighted by Gasteiger charge is 2.06. The minimum Gasteiger partial charge on any atom is -0.388 e. The van der Waals surface area contributed by atoms with Crippen LogP contribution in [0.3, 0.4) is 0 Å². The van der Waals surface area contributed by atoms with Crippen molar-refractivity contribution in [2.45, 2.75) is 59.5 Å². The Morgan fingerprint density at radius 3 is 2.67 bits per heavy atom. The molecule has 116 valence electrons. The highest BCUT2D eigenvalue weighted by molar-refractivity contribution is 7.09. The van der Waals surface area contributed by atoms with Crippen molar-refractivity contribution >= 4 is 17.4 Å². The summed E-state index contributed by atoms with van der Waals surface area (Å²) in [7, 11) is 0. The summed E-state index contributed by atoms with van der Waals surface area (Å²) < 4.78 is 0. The Labute approximate surface area is 132 Å². The van der Waals surface area contributed by atoms with Gasteiger partial charge in [0.15, 0.2) is 0 Å². The van der Waals surface area contributed by atoms with Crippen LogP contribution in [0.5, 0.6) is 0 Å². The second-order valence-electron chi connectivity index (χ2n) is 5.79. The lowest BCUT2D eigenvalue weighted by atomic mass is 10.0. The molecule has 0 unspecified atom stereocenters. The van der Waals surface area contributed by atoms with Gasteiger partial charge in [0.25, 0.3) is 0 Å². The fraction of sp³-hybridized carbons (Fsp3) is 0.500. The minimum absolute atomic E-state index is 0.428. The van der Waals surface area contributed by atoms with Crippen molar-refractivity contribution in [3.8, 4) is 0 Å². The molecule has 0 aromatic carbocycles. The Bertz CT molecular complexity index is 525. The molecule has 2 nitrogen and oxygen atoms in total. The first-order valence-electron chi connectivity index (χ1n) is 7.47. The molecule has 1 rings (SSSR count). The molecule has 0 amide bonds. The summed E-state index contributed by atoms with van der Waals surface area (Å²) in [5.74, 6) is 0. The maximum Gasteiger partial charge on any atom is 0.0901 e. The van der Waals surface area contributed by atoms with Crippen LogP contribution in [0.4, 0.5) is 0 Å². The smallest absolute Gasteiger partial charge is 0.0901 e. The number of aliphatic hydroxyl groups excluding tert-OH is 1. The van der Waals surface area contributed by atoms with E-state index in [-0.39, 0.29) is 0 Å². The van der Waals surface area contributed by atoms with Crippen LogP contribution < -0.4 is 0 Å². The SMILES string of the molecule is C=C(C)CCC/C(C)=C\C[C@H](O)/C(C)=C/c1csc(C)n1. The van der Waals surface area contributed by atoms with E-state index in [2.05, 4.69) is 31.5 Å². The van der Waals surface area contributed by atoms with Gasteiger partial charge in [0.1, 0.15) is 0 Å². The molecular formula is C18H27NOS. The fourth-order valence-electron chi connectivity index (χ4n) is 2.05. The summed E-state index contributed by atoms with van der Waals surface area (Å²) in [4.78, 5) is 4.39. The zero-order chi connectivity index (χ0) is 15.8. The topological polar surface area (TPSA) is 33.1 Å². The lowest BCUT2D eigenvalue weighted by molar-refractivity contribution is 0.215. The van der Waals surface area contributed by atoms with Crippen LogP contribution in [-0.4, -0.2) is 16.2 Å². The van der Waals surface area contributed by atoms with Gasteiger partial charge in [-0.05, 0) is 65.0 Å². The van der Waals surface area contributed by atoms with Crippen molar-refractivity contribution in [2.24, 2.45) is 0 Å². The largest absolute Gasteiger partial charge is 0.388 e. The first-order valence-corrected chi connectivity index (χ1v) is 8.35. The Morgan fingerprint density at radius 1 is 1.38 bits per heavy atom. The summed E-state index contributed by atoms with van der Waals surface area (Å²) in [6, 6.07) is 0. The average Bonchev–Trinajstić information content (AvgIpc) is 2.80. The summed E-state index contributed by atoms with van der Waals surface area (Å²) in [5, 5.41) is 13.3. The number of allylic oxidation sites excluding steroid dienone is 2. The van der Waals surface area contributed by atoms with Crippen molar-refractivity contribution in [3.63, 3.8) is 0 Å². The normalized spacial score (nSPS) is 14.3. The summed E-state index contributed by atoms with van der Waals surface area (Å²) in [6.07, 6.45) is 7.66. The molecular weight excluding hydrogens is 278 g/mol. The number of rotatable bonds is 8. The van der Waals surface area contributed by atoms with Crippen LogP contribution in [-0.2, 0) is 0 Å². The molecule has 0 aliphatic heterocycles. The lowest BCUT2D eigenvalue weighted by Gasteiger charge is -2.09. The number of thiazole rings is 1. The first-order chi connectivity index (χ1) is 9.88. The minimum atomic E-state index is -0.428. The Balaban J connectivity index is 2.46. The summed E-state index contributed by atoms with van der Waals surface area (Å²) >= 11 is 1.63. The highest BCUT2D eigenvalue weighted by atomic mass is 32.1. The van der Waals surface area contributed by atoms with E-state index in [1.165, 1.54) is 11.1 Å². The summed E-state index contributed by atoms with van der Waals surface area (Å²) in [5.41, 5.74) is 4.48. The molecule has 1 N–H and O–H groups in total. The molecule has 0 radical (unpaired) electrons. The van der Waals surface area contributed by atoms with Crippen LogP contribution >= 0.6 is 11.3 Å². The molecule has 1 heterocycles. The van der Waals surface area contributed by atoms with E-state index in [0.717, 1.165) is 35.5 Å². The van der Waals surface area contributed by atoms with Crippen molar-refractivity contribution < 1.29 is 5.11 Å². The van der Waals surface area contributed by atoms with Gasteiger partial charge in [0.05, 0.1) is 16.8 Å². The van der Waals surface area contributed by atoms with E-state index >= 15 is 0 Å². The highest BCUT2D eigenvalue weighted by Crippen LogP contribution is 2.17. The van der Waals surface area contributed by atoms with Gasteiger partial charge in [0.2, 0.25) is 0 Å². The second kappa shape index (κ2) is 8.96. The number of hydrogen-bond donors (Lipinski definition) is 1. The molecule has 1 aromatic rings. The molecule has 0 spiro atoms. The molecule has 1 atom stereocenters. The number of nitrogens with zero attached hydrogens (tertiary/aromatic N) is 1. The maximum absolute atomic E-state index is 10.2. The van der Waals surface area contributed by atoms with Crippen LogP contribution in [0.15, 0.2) is 34.8 Å². The molecule has 0 aliphatic rings. The molecule has 1 aromatic heterocycles. The Hall–Kier alpha value is -1.19. The number of hydrogen-bond acceptors (Lipinski definition) is 3. The average molecular weight is 305 g/mol. The van der Waals surface area contributed by atoms with E-state index in [4.69, 9.17) is 0 Å². The Morgan fingerprint density at radius 2 is 2.10 bits per heavy atom. The van der Waals surface area contributed by atoms with Crippen LogP contribution in [0.1, 0.15) is 57.2 Å². The van der Waals surface area contributed by atoms with Gasteiger partial charge in [-0.2, -0.15) is 0 Å². The van der Waals surface area contributed by atoms with Gasteiger partial charge in [-0.15, -0.1) is 17.9 Å². The van der Waals surface area contributed by atoms with Gasteiger partial charge in [0, 0.05) is 5.38 Å². The number of aryl methyl sites for hydroxylation is 1. The number of aromatic nitrogens is 1. The fourth-order valence-corrected chi connectivity index (χ4v) is 2.62. The lowest BCUT2D eigenvalue weighted by Crippen LogP contribution is -2.06. The standard InChI is InChI=1S/C18H27NOS/c1-13(2)7-6-8-14(3)9-10-18(20)15(4)11-17-12-21-16(5)19-17/h9,11-12,18,20H,1,6-8,10H2,2-5H3/b14-9-,15-11+/t18-/m0/s1. The molecule has 0 fully saturated rings. The number of aliphatic hydroxyl groups is 1. The first kappa shape index (κ1) is 17.9.